The molecular formula is C19H16N4. The Hall–Kier alpha value is -3.01. The molecule has 0 fully saturated rings. The van der Waals surface area contributed by atoms with Crippen LogP contribution in [0.25, 0.3) is 27.8 Å². The molecule has 0 aliphatic rings. The number of nitrogens with zero attached hydrogens (tertiary/aromatic N) is 4. The van der Waals surface area contributed by atoms with E-state index >= 15 is 0 Å². The van der Waals surface area contributed by atoms with Crippen LogP contribution < -0.4 is 0 Å². The lowest BCUT2D eigenvalue weighted by molar-refractivity contribution is 0.869. The van der Waals surface area contributed by atoms with Gasteiger partial charge in [0.05, 0.1) is 5.69 Å². The van der Waals surface area contributed by atoms with Crippen LogP contribution in [0.15, 0.2) is 60.9 Å². The first-order valence-electron chi connectivity index (χ1n) is 7.56. The summed E-state index contributed by atoms with van der Waals surface area (Å²) in [6, 6.07) is 16.6. The Bertz CT molecular complexity index is 1000. The van der Waals surface area contributed by atoms with Crippen molar-refractivity contribution in [3.8, 4) is 17.1 Å². The standard InChI is InChI=1S/C19H16N4/c1-13-9-10-20-12-18(13)19-21-14(2)22-23(19)17-8-7-15-5-3-4-6-16(15)11-17/h3-12H,1-2H3. The van der Waals surface area contributed by atoms with E-state index in [9.17, 15) is 0 Å². The van der Waals surface area contributed by atoms with Gasteiger partial charge in [0, 0.05) is 18.0 Å². The third-order valence-corrected chi connectivity index (χ3v) is 3.97. The molecule has 0 aliphatic carbocycles. The van der Waals surface area contributed by atoms with Crippen LogP contribution in [0.1, 0.15) is 11.4 Å². The number of hydrogen-bond acceptors (Lipinski definition) is 3. The first-order valence-corrected chi connectivity index (χ1v) is 7.56. The van der Waals surface area contributed by atoms with Crippen molar-refractivity contribution in [2.45, 2.75) is 13.8 Å². The molecule has 0 atom stereocenters. The van der Waals surface area contributed by atoms with Gasteiger partial charge >= 0.3 is 0 Å². The number of aromatic nitrogens is 4. The molecule has 4 nitrogen and oxygen atoms in total. The molecule has 4 aromatic rings. The maximum Gasteiger partial charge on any atom is 0.165 e. The Balaban J connectivity index is 1.93. The van der Waals surface area contributed by atoms with Crippen molar-refractivity contribution in [2.75, 3.05) is 0 Å². The van der Waals surface area contributed by atoms with Gasteiger partial charge in [0.15, 0.2) is 5.82 Å². The van der Waals surface area contributed by atoms with E-state index in [0.717, 1.165) is 28.5 Å². The minimum Gasteiger partial charge on any atom is -0.264 e. The Morgan fingerprint density at radius 1 is 0.913 bits per heavy atom. The lowest BCUT2D eigenvalue weighted by atomic mass is 10.1. The summed E-state index contributed by atoms with van der Waals surface area (Å²) in [5, 5.41) is 6.99. The summed E-state index contributed by atoms with van der Waals surface area (Å²) < 4.78 is 1.89. The maximum atomic E-state index is 4.61. The summed E-state index contributed by atoms with van der Waals surface area (Å²) in [5.74, 6) is 1.57. The quantitative estimate of drug-likeness (QED) is 0.560. The second-order valence-electron chi connectivity index (χ2n) is 5.62. The van der Waals surface area contributed by atoms with Gasteiger partial charge in [-0.2, -0.15) is 5.10 Å². The molecule has 0 saturated carbocycles. The summed E-state index contributed by atoms with van der Waals surface area (Å²) in [4.78, 5) is 8.84. The number of pyridine rings is 1. The molecule has 4 rings (SSSR count). The van der Waals surface area contributed by atoms with Gasteiger partial charge in [0.2, 0.25) is 0 Å². The van der Waals surface area contributed by atoms with Gasteiger partial charge in [-0.25, -0.2) is 9.67 Å². The molecule has 0 unspecified atom stereocenters. The fourth-order valence-corrected chi connectivity index (χ4v) is 2.78. The molecule has 112 valence electrons. The molecule has 4 heteroatoms. The van der Waals surface area contributed by atoms with E-state index in [4.69, 9.17) is 0 Å². The molecular weight excluding hydrogens is 284 g/mol. The van der Waals surface area contributed by atoms with Crippen LogP contribution in [0.5, 0.6) is 0 Å². The lowest BCUT2D eigenvalue weighted by Gasteiger charge is -2.09. The summed E-state index contributed by atoms with van der Waals surface area (Å²) in [6.07, 6.45) is 3.64. The molecule has 0 N–H and O–H groups in total. The number of benzene rings is 2. The van der Waals surface area contributed by atoms with Gasteiger partial charge in [0.1, 0.15) is 5.82 Å². The Morgan fingerprint density at radius 2 is 1.74 bits per heavy atom. The summed E-state index contributed by atoms with van der Waals surface area (Å²) in [5.41, 5.74) is 3.14. The maximum absolute atomic E-state index is 4.61. The fourth-order valence-electron chi connectivity index (χ4n) is 2.78. The fraction of sp³-hybridized carbons (Fsp3) is 0.105. The molecule has 0 radical (unpaired) electrons. The molecule has 2 heterocycles. The van der Waals surface area contributed by atoms with E-state index in [1.54, 1.807) is 6.20 Å². The van der Waals surface area contributed by atoms with Gasteiger partial charge in [-0.15, -0.1) is 0 Å². The molecule has 0 amide bonds. The van der Waals surface area contributed by atoms with Crippen molar-refractivity contribution in [2.24, 2.45) is 0 Å². The Kier molecular flexibility index (Phi) is 3.15. The molecule has 0 bridgehead atoms. The normalized spacial score (nSPS) is 11.0. The molecule has 2 aromatic carbocycles. The number of aryl methyl sites for hydroxylation is 2. The lowest BCUT2D eigenvalue weighted by Crippen LogP contribution is -2.01. The number of fused-ring (bicyclic) bond motifs is 1. The Labute approximate surface area is 134 Å². The molecule has 0 saturated heterocycles. The number of rotatable bonds is 2. The second kappa shape index (κ2) is 5.32. The predicted octanol–water partition coefficient (Wildman–Crippen LogP) is 4.10. The zero-order chi connectivity index (χ0) is 15.8. The molecule has 0 spiro atoms. The van der Waals surface area contributed by atoms with E-state index in [1.807, 2.05) is 36.0 Å². The van der Waals surface area contributed by atoms with E-state index in [1.165, 1.54) is 10.8 Å². The van der Waals surface area contributed by atoms with Crippen molar-refractivity contribution in [1.82, 2.24) is 19.7 Å². The first-order chi connectivity index (χ1) is 11.2. The monoisotopic (exact) mass is 300 g/mol. The van der Waals surface area contributed by atoms with Gasteiger partial charge in [0.25, 0.3) is 0 Å². The smallest absolute Gasteiger partial charge is 0.165 e. The van der Waals surface area contributed by atoms with Crippen LogP contribution in [0, 0.1) is 13.8 Å². The predicted molar refractivity (Wildman–Crippen MR) is 91.6 cm³/mol. The van der Waals surface area contributed by atoms with Crippen LogP contribution in [-0.4, -0.2) is 19.7 Å². The largest absolute Gasteiger partial charge is 0.264 e. The minimum atomic E-state index is 0.747. The number of hydrogen-bond donors (Lipinski definition) is 0. The topological polar surface area (TPSA) is 43.6 Å². The zero-order valence-corrected chi connectivity index (χ0v) is 13.1. The van der Waals surface area contributed by atoms with Crippen LogP contribution in [0.3, 0.4) is 0 Å². The highest BCUT2D eigenvalue weighted by Crippen LogP contribution is 2.25. The van der Waals surface area contributed by atoms with Gasteiger partial charge in [-0.05, 0) is 48.4 Å². The van der Waals surface area contributed by atoms with Crippen molar-refractivity contribution in [3.63, 3.8) is 0 Å². The van der Waals surface area contributed by atoms with Crippen LogP contribution in [0.2, 0.25) is 0 Å². The molecule has 2 aromatic heterocycles. The summed E-state index contributed by atoms with van der Waals surface area (Å²) in [7, 11) is 0. The van der Waals surface area contributed by atoms with Crippen molar-refractivity contribution >= 4 is 10.8 Å². The van der Waals surface area contributed by atoms with Gasteiger partial charge in [-0.3, -0.25) is 4.98 Å². The van der Waals surface area contributed by atoms with Crippen molar-refractivity contribution in [1.29, 1.82) is 0 Å². The second-order valence-corrected chi connectivity index (χ2v) is 5.62. The molecule has 23 heavy (non-hydrogen) atoms. The van der Waals surface area contributed by atoms with E-state index in [0.29, 0.717) is 0 Å². The first kappa shape index (κ1) is 13.6. The third kappa shape index (κ3) is 2.38. The van der Waals surface area contributed by atoms with Crippen LogP contribution in [0.4, 0.5) is 0 Å². The minimum absolute atomic E-state index is 0.747. The van der Waals surface area contributed by atoms with E-state index in [-0.39, 0.29) is 0 Å². The average molecular weight is 300 g/mol. The Morgan fingerprint density at radius 3 is 2.57 bits per heavy atom. The summed E-state index contributed by atoms with van der Waals surface area (Å²) >= 11 is 0. The highest BCUT2D eigenvalue weighted by atomic mass is 15.3. The van der Waals surface area contributed by atoms with Crippen molar-refractivity contribution < 1.29 is 0 Å². The third-order valence-electron chi connectivity index (χ3n) is 3.97. The zero-order valence-electron chi connectivity index (χ0n) is 13.1. The van der Waals surface area contributed by atoms with Gasteiger partial charge < -0.3 is 0 Å². The van der Waals surface area contributed by atoms with E-state index in [2.05, 4.69) is 52.3 Å². The average Bonchev–Trinajstić information content (AvgIpc) is 2.96. The molecule has 0 aliphatic heterocycles. The van der Waals surface area contributed by atoms with Crippen molar-refractivity contribution in [3.05, 3.63) is 72.3 Å². The van der Waals surface area contributed by atoms with Crippen LogP contribution in [-0.2, 0) is 0 Å². The highest BCUT2D eigenvalue weighted by molar-refractivity contribution is 5.84. The summed E-state index contributed by atoms with van der Waals surface area (Å²) in [6.45, 7) is 3.97. The van der Waals surface area contributed by atoms with E-state index < -0.39 is 0 Å². The highest BCUT2D eigenvalue weighted by Gasteiger charge is 2.14. The van der Waals surface area contributed by atoms with Gasteiger partial charge in [-0.1, -0.05) is 30.3 Å². The SMILES string of the molecule is Cc1nc(-c2cnccc2C)n(-c2ccc3ccccc3c2)n1. The van der Waals surface area contributed by atoms with Crippen LogP contribution >= 0.6 is 0 Å².